The Morgan fingerprint density at radius 2 is 1.68 bits per heavy atom. The van der Waals surface area contributed by atoms with E-state index in [4.69, 9.17) is 5.14 Å². The van der Waals surface area contributed by atoms with Gasteiger partial charge >= 0.3 is 0 Å². The summed E-state index contributed by atoms with van der Waals surface area (Å²) in [5, 5.41) is 17.9. The minimum absolute atomic E-state index is 0.0215. The zero-order chi connectivity index (χ0) is 22.3. The van der Waals surface area contributed by atoms with Gasteiger partial charge in [0.25, 0.3) is 11.7 Å². The van der Waals surface area contributed by atoms with E-state index in [-0.39, 0.29) is 16.2 Å². The van der Waals surface area contributed by atoms with Crippen molar-refractivity contribution in [2.45, 2.75) is 17.9 Å². The molecule has 1 aliphatic rings. The van der Waals surface area contributed by atoms with Gasteiger partial charge in [0.05, 0.1) is 10.5 Å². The number of ketones is 1. The molecule has 0 spiro atoms. The summed E-state index contributed by atoms with van der Waals surface area (Å²) in [4.78, 5) is 27.8. The Labute approximate surface area is 183 Å². The summed E-state index contributed by atoms with van der Waals surface area (Å²) in [6, 6.07) is 15.1. The number of hydrogen-bond donors (Lipinski definition) is 2. The Morgan fingerprint density at radius 3 is 2.23 bits per heavy atom. The number of aliphatic hydroxyl groups excluding tert-OH is 1. The van der Waals surface area contributed by atoms with E-state index in [1.54, 1.807) is 36.4 Å². The van der Waals surface area contributed by atoms with E-state index in [1.165, 1.54) is 40.5 Å². The van der Waals surface area contributed by atoms with Gasteiger partial charge in [0.1, 0.15) is 11.8 Å². The van der Waals surface area contributed by atoms with Crippen LogP contribution in [0.25, 0.3) is 5.76 Å². The Balaban J connectivity index is 1.88. The van der Waals surface area contributed by atoms with Crippen LogP contribution in [0, 0.1) is 6.92 Å². The first-order chi connectivity index (χ1) is 14.7. The third-order valence-corrected chi connectivity index (χ3v) is 6.88. The maximum absolute atomic E-state index is 13.0. The number of primary sulfonamides is 1. The molecular formula is C22H18N2O5S2. The number of carbonyl (C=O) groups is 2. The van der Waals surface area contributed by atoms with Crippen LogP contribution in [0.1, 0.15) is 22.0 Å². The third kappa shape index (κ3) is 3.78. The van der Waals surface area contributed by atoms with Gasteiger partial charge < -0.3 is 5.11 Å². The molecule has 1 fully saturated rings. The molecule has 3 aromatic rings. The molecule has 0 radical (unpaired) electrons. The molecule has 1 atom stereocenters. The van der Waals surface area contributed by atoms with Gasteiger partial charge in [-0.05, 0) is 42.6 Å². The molecule has 9 heteroatoms. The molecular weight excluding hydrogens is 436 g/mol. The van der Waals surface area contributed by atoms with Crippen molar-refractivity contribution in [1.82, 2.24) is 0 Å². The molecule has 1 saturated heterocycles. The first-order valence-corrected chi connectivity index (χ1v) is 11.7. The van der Waals surface area contributed by atoms with Crippen LogP contribution < -0.4 is 10.0 Å². The predicted octanol–water partition coefficient (Wildman–Crippen LogP) is 3.33. The van der Waals surface area contributed by atoms with Gasteiger partial charge in [0, 0.05) is 16.1 Å². The molecule has 4 rings (SSSR count). The fourth-order valence-corrected chi connectivity index (χ4v) is 4.82. The second-order valence-electron chi connectivity index (χ2n) is 7.09. The SMILES string of the molecule is Cc1ccc(/C(O)=C2\C(=O)C(=O)N(c3ccc(S(N)(=O)=O)cc3)C2c2cccs2)cc1. The van der Waals surface area contributed by atoms with Crippen LogP contribution in [0.2, 0.25) is 0 Å². The molecule has 7 nitrogen and oxygen atoms in total. The molecule has 0 bridgehead atoms. The predicted molar refractivity (Wildman–Crippen MR) is 118 cm³/mol. The Bertz CT molecular complexity index is 1290. The summed E-state index contributed by atoms with van der Waals surface area (Å²) in [6.45, 7) is 1.90. The number of aryl methyl sites for hydroxylation is 1. The summed E-state index contributed by atoms with van der Waals surface area (Å²) < 4.78 is 23.1. The average Bonchev–Trinajstić information content (AvgIpc) is 3.35. The Morgan fingerprint density at radius 1 is 1.03 bits per heavy atom. The molecule has 2 aromatic carbocycles. The highest BCUT2D eigenvalue weighted by Crippen LogP contribution is 2.43. The molecule has 31 heavy (non-hydrogen) atoms. The van der Waals surface area contributed by atoms with Gasteiger partial charge in [-0.25, -0.2) is 13.6 Å². The number of nitrogens with two attached hydrogens (primary N) is 1. The van der Waals surface area contributed by atoms with E-state index >= 15 is 0 Å². The monoisotopic (exact) mass is 454 g/mol. The van der Waals surface area contributed by atoms with Crippen molar-refractivity contribution in [2.24, 2.45) is 5.14 Å². The number of amides is 1. The highest BCUT2D eigenvalue weighted by Gasteiger charge is 2.47. The lowest BCUT2D eigenvalue weighted by molar-refractivity contribution is -0.132. The number of rotatable bonds is 4. The van der Waals surface area contributed by atoms with E-state index in [0.717, 1.165) is 5.56 Å². The van der Waals surface area contributed by atoms with Crippen LogP contribution in [0.4, 0.5) is 5.69 Å². The van der Waals surface area contributed by atoms with E-state index in [2.05, 4.69) is 0 Å². The van der Waals surface area contributed by atoms with Gasteiger partial charge in [-0.1, -0.05) is 35.9 Å². The first-order valence-electron chi connectivity index (χ1n) is 9.23. The number of anilines is 1. The highest BCUT2D eigenvalue weighted by molar-refractivity contribution is 7.89. The molecule has 1 amide bonds. The molecule has 1 aliphatic heterocycles. The van der Waals surface area contributed by atoms with Gasteiger partial charge in [0.2, 0.25) is 10.0 Å². The number of benzene rings is 2. The average molecular weight is 455 g/mol. The van der Waals surface area contributed by atoms with E-state index in [9.17, 15) is 23.1 Å². The van der Waals surface area contributed by atoms with Crippen LogP contribution in [-0.4, -0.2) is 25.2 Å². The van der Waals surface area contributed by atoms with Gasteiger partial charge in [-0.2, -0.15) is 0 Å². The van der Waals surface area contributed by atoms with Crippen molar-refractivity contribution in [2.75, 3.05) is 4.90 Å². The quantitative estimate of drug-likeness (QED) is 0.356. The van der Waals surface area contributed by atoms with Crippen LogP contribution in [0.5, 0.6) is 0 Å². The number of nitrogens with zero attached hydrogens (tertiary/aromatic N) is 1. The van der Waals surface area contributed by atoms with Crippen LogP contribution in [-0.2, 0) is 19.6 Å². The second-order valence-corrected chi connectivity index (χ2v) is 9.63. The van der Waals surface area contributed by atoms with Crippen molar-refractivity contribution in [1.29, 1.82) is 0 Å². The van der Waals surface area contributed by atoms with Gasteiger partial charge in [-0.15, -0.1) is 11.3 Å². The van der Waals surface area contributed by atoms with Crippen LogP contribution in [0.3, 0.4) is 0 Å². The standard InChI is InChI=1S/C22H18N2O5S2/c1-13-4-6-14(7-5-13)20(25)18-19(17-3-2-12-30-17)24(22(27)21(18)26)15-8-10-16(11-9-15)31(23,28)29/h2-12,19,25H,1H3,(H2,23,28,29)/b20-18+. The molecule has 1 unspecified atom stereocenters. The zero-order valence-electron chi connectivity index (χ0n) is 16.3. The van der Waals surface area contributed by atoms with Crippen molar-refractivity contribution >= 4 is 44.5 Å². The smallest absolute Gasteiger partial charge is 0.300 e. The largest absolute Gasteiger partial charge is 0.507 e. The normalized spacial score (nSPS) is 18.5. The highest BCUT2D eigenvalue weighted by atomic mass is 32.2. The van der Waals surface area contributed by atoms with Crippen molar-refractivity contribution < 1.29 is 23.1 Å². The molecule has 0 aliphatic carbocycles. The lowest BCUT2D eigenvalue weighted by Gasteiger charge is -2.24. The summed E-state index contributed by atoms with van der Waals surface area (Å²) in [6.07, 6.45) is 0. The fraction of sp³-hybridized carbons (Fsp3) is 0.0909. The van der Waals surface area contributed by atoms with Crippen molar-refractivity contribution in [3.63, 3.8) is 0 Å². The number of hydrogen-bond acceptors (Lipinski definition) is 6. The zero-order valence-corrected chi connectivity index (χ0v) is 18.0. The molecule has 0 saturated carbocycles. The first kappa shape index (κ1) is 21.0. The number of carbonyl (C=O) groups excluding carboxylic acids is 2. The lowest BCUT2D eigenvalue weighted by Crippen LogP contribution is -2.29. The Kier molecular flexibility index (Phi) is 5.26. The lowest BCUT2D eigenvalue weighted by atomic mass is 9.99. The summed E-state index contributed by atoms with van der Waals surface area (Å²) in [7, 11) is -3.91. The number of aliphatic hydroxyl groups is 1. The minimum Gasteiger partial charge on any atom is -0.507 e. The van der Waals surface area contributed by atoms with Crippen LogP contribution in [0.15, 0.2) is 76.5 Å². The molecule has 1 aromatic heterocycles. The van der Waals surface area contributed by atoms with Crippen molar-refractivity contribution in [3.05, 3.63) is 87.6 Å². The van der Waals surface area contributed by atoms with Crippen LogP contribution >= 0.6 is 11.3 Å². The van der Waals surface area contributed by atoms with Gasteiger partial charge in [0.15, 0.2) is 0 Å². The van der Waals surface area contributed by atoms with Crippen molar-refractivity contribution in [3.8, 4) is 0 Å². The van der Waals surface area contributed by atoms with E-state index in [0.29, 0.717) is 16.1 Å². The topological polar surface area (TPSA) is 118 Å². The number of sulfonamides is 1. The summed E-state index contributed by atoms with van der Waals surface area (Å²) >= 11 is 1.34. The molecule has 3 N–H and O–H groups in total. The molecule has 2 heterocycles. The Hall–Kier alpha value is -3.27. The minimum atomic E-state index is -3.91. The van der Waals surface area contributed by atoms with Gasteiger partial charge in [-0.3, -0.25) is 14.5 Å². The second kappa shape index (κ2) is 7.77. The third-order valence-electron chi connectivity index (χ3n) is 5.03. The van der Waals surface area contributed by atoms with E-state index in [1.807, 2.05) is 12.3 Å². The maximum atomic E-state index is 13.0. The van der Waals surface area contributed by atoms with E-state index < -0.39 is 27.8 Å². The fourth-order valence-electron chi connectivity index (χ4n) is 3.48. The number of thiophene rings is 1. The maximum Gasteiger partial charge on any atom is 0.300 e. The number of Topliss-reactive ketones (excluding diaryl/α,β-unsaturated/α-hetero) is 1. The molecule has 158 valence electrons. The summed E-state index contributed by atoms with van der Waals surface area (Å²) in [5.74, 6) is -1.89. The summed E-state index contributed by atoms with van der Waals surface area (Å²) in [5.41, 5.74) is 1.71.